The Bertz CT molecular complexity index is 405. The molecule has 0 atom stereocenters. The van der Waals surface area contributed by atoms with Gasteiger partial charge in [0, 0.05) is 6.61 Å². The van der Waals surface area contributed by atoms with E-state index in [1.54, 1.807) is 0 Å². The number of carbonyl (C=O) groups excluding carboxylic acids is 1. The number of rotatable bonds is 19. The summed E-state index contributed by atoms with van der Waals surface area (Å²) in [6.45, 7) is 1.95. The largest absolute Gasteiger partial charge is 0.470 e. The molecule has 0 bridgehead atoms. The molecule has 0 fully saturated rings. The number of phosphoric ester groups is 1. The van der Waals surface area contributed by atoms with Gasteiger partial charge in [-0.25, -0.2) is 4.57 Å². The minimum atomic E-state index is -4.58. The first-order chi connectivity index (χ1) is 12.5. The van der Waals surface area contributed by atoms with Crippen LogP contribution in [0.4, 0.5) is 0 Å². The summed E-state index contributed by atoms with van der Waals surface area (Å²) in [6, 6.07) is 0. The lowest BCUT2D eigenvalue weighted by Crippen LogP contribution is -2.15. The molecular formula is C19H37O6P. The third kappa shape index (κ3) is 21.5. The van der Waals surface area contributed by atoms with Crippen molar-refractivity contribution in [3.05, 3.63) is 12.2 Å². The molecule has 0 aliphatic carbocycles. The van der Waals surface area contributed by atoms with Crippen LogP contribution in [0.15, 0.2) is 12.2 Å². The Labute approximate surface area is 158 Å². The van der Waals surface area contributed by atoms with Gasteiger partial charge in [0.25, 0.3) is 0 Å². The van der Waals surface area contributed by atoms with E-state index in [1.165, 1.54) is 64.2 Å². The van der Waals surface area contributed by atoms with Crippen molar-refractivity contribution >= 4 is 13.6 Å². The molecule has 0 amide bonds. The highest BCUT2D eigenvalue weighted by atomic mass is 31.2. The zero-order valence-corrected chi connectivity index (χ0v) is 17.1. The van der Waals surface area contributed by atoms with Gasteiger partial charge in [0.15, 0.2) is 5.78 Å². The molecule has 0 saturated carbocycles. The van der Waals surface area contributed by atoms with E-state index in [0.717, 1.165) is 12.8 Å². The van der Waals surface area contributed by atoms with Crippen molar-refractivity contribution in [1.29, 1.82) is 0 Å². The molecule has 0 aromatic carbocycles. The highest BCUT2D eigenvalue weighted by Crippen LogP contribution is 2.35. The van der Waals surface area contributed by atoms with E-state index in [-0.39, 0.29) is 6.61 Å². The predicted molar refractivity (Wildman–Crippen MR) is 104 cm³/mol. The Balaban J connectivity index is 3.23. The van der Waals surface area contributed by atoms with E-state index in [1.807, 2.05) is 0 Å². The molecule has 0 radical (unpaired) electrons. The maximum Gasteiger partial charge on any atom is 0.470 e. The molecule has 0 spiro atoms. The van der Waals surface area contributed by atoms with Crippen molar-refractivity contribution in [3.63, 3.8) is 0 Å². The molecule has 0 saturated heterocycles. The van der Waals surface area contributed by atoms with Gasteiger partial charge in [-0.05, 0) is 32.1 Å². The Hall–Kier alpha value is -0.520. The van der Waals surface area contributed by atoms with Crippen molar-refractivity contribution < 1.29 is 28.4 Å². The maximum absolute atomic E-state index is 11.2. The van der Waals surface area contributed by atoms with Crippen LogP contribution in [0.5, 0.6) is 0 Å². The molecule has 0 aliphatic heterocycles. The van der Waals surface area contributed by atoms with Crippen molar-refractivity contribution in [3.8, 4) is 0 Å². The molecular weight excluding hydrogens is 355 g/mol. The van der Waals surface area contributed by atoms with Crippen LogP contribution in [-0.4, -0.2) is 35.4 Å². The van der Waals surface area contributed by atoms with Crippen LogP contribution in [0.1, 0.15) is 84.0 Å². The van der Waals surface area contributed by atoms with Gasteiger partial charge in [-0.2, -0.15) is 0 Å². The highest BCUT2D eigenvalue weighted by molar-refractivity contribution is 7.46. The van der Waals surface area contributed by atoms with Gasteiger partial charge in [-0.1, -0.05) is 64.0 Å². The summed E-state index contributed by atoms with van der Waals surface area (Å²) < 4.78 is 19.7. The number of hydrogen-bond donors (Lipinski definition) is 2. The zero-order valence-electron chi connectivity index (χ0n) is 16.2. The van der Waals surface area contributed by atoms with Crippen molar-refractivity contribution in [2.24, 2.45) is 0 Å². The van der Waals surface area contributed by atoms with Gasteiger partial charge in [0.05, 0.1) is 0 Å². The first-order valence-corrected chi connectivity index (χ1v) is 11.4. The van der Waals surface area contributed by atoms with Crippen LogP contribution in [0.2, 0.25) is 0 Å². The number of carbonyl (C=O) groups is 1. The third-order valence-electron chi connectivity index (χ3n) is 3.96. The average Bonchev–Trinajstić information content (AvgIpc) is 2.59. The SMILES string of the molecule is CCCCCC/C=C\CCCCCCCCOCC(=O)COP(=O)(O)O. The number of ether oxygens (including phenoxy) is 1. The Morgan fingerprint density at radius 2 is 1.38 bits per heavy atom. The summed E-state index contributed by atoms with van der Waals surface area (Å²) in [7, 11) is -4.58. The molecule has 0 unspecified atom stereocenters. The summed E-state index contributed by atoms with van der Waals surface area (Å²) in [5, 5.41) is 0. The molecule has 2 N–H and O–H groups in total. The number of Topliss-reactive ketones (excluding diaryl/α,β-unsaturated/α-hetero) is 1. The smallest absolute Gasteiger partial charge is 0.374 e. The van der Waals surface area contributed by atoms with E-state index >= 15 is 0 Å². The van der Waals surface area contributed by atoms with E-state index in [2.05, 4.69) is 23.6 Å². The minimum absolute atomic E-state index is 0.162. The van der Waals surface area contributed by atoms with E-state index in [0.29, 0.717) is 6.61 Å². The van der Waals surface area contributed by atoms with E-state index in [9.17, 15) is 9.36 Å². The molecule has 0 rings (SSSR count). The normalized spacial score (nSPS) is 12.1. The third-order valence-corrected chi connectivity index (χ3v) is 4.42. The fraction of sp³-hybridized carbons (Fsp3) is 0.842. The number of ketones is 1. The minimum Gasteiger partial charge on any atom is -0.374 e. The summed E-state index contributed by atoms with van der Waals surface area (Å²) in [4.78, 5) is 28.2. The first kappa shape index (κ1) is 25.5. The number of unbranched alkanes of at least 4 members (excludes halogenated alkanes) is 10. The second-order valence-electron chi connectivity index (χ2n) is 6.59. The van der Waals surface area contributed by atoms with E-state index in [4.69, 9.17) is 14.5 Å². The molecule has 154 valence electrons. The quantitative estimate of drug-likeness (QED) is 0.184. The van der Waals surface area contributed by atoms with Crippen LogP contribution in [-0.2, 0) is 18.6 Å². The van der Waals surface area contributed by atoms with Crippen LogP contribution in [0.3, 0.4) is 0 Å². The number of hydrogen-bond acceptors (Lipinski definition) is 4. The van der Waals surface area contributed by atoms with Gasteiger partial charge in [0.2, 0.25) is 0 Å². The van der Waals surface area contributed by atoms with Crippen molar-refractivity contribution in [2.75, 3.05) is 19.8 Å². The summed E-state index contributed by atoms with van der Waals surface area (Å²) >= 11 is 0. The lowest BCUT2D eigenvalue weighted by Gasteiger charge is -2.05. The van der Waals surface area contributed by atoms with Crippen LogP contribution < -0.4 is 0 Å². The second kappa shape index (κ2) is 17.9. The second-order valence-corrected chi connectivity index (χ2v) is 7.83. The van der Waals surface area contributed by atoms with Gasteiger partial charge in [-0.3, -0.25) is 9.32 Å². The standard InChI is InChI=1S/C19H37O6P/c1-2-3-4-5-6-7-8-9-10-11-12-13-14-15-16-24-17-19(20)18-25-26(21,22)23/h7-8H,2-6,9-18H2,1H3,(H2,21,22,23)/b8-7-. The summed E-state index contributed by atoms with van der Waals surface area (Å²) in [5.74, 6) is -0.466. The fourth-order valence-corrected chi connectivity index (χ4v) is 2.79. The zero-order chi connectivity index (χ0) is 19.5. The predicted octanol–water partition coefficient (Wildman–Crippen LogP) is 4.94. The number of phosphoric acid groups is 1. The monoisotopic (exact) mass is 392 g/mol. The molecule has 0 aromatic rings. The fourth-order valence-electron chi connectivity index (χ4n) is 2.48. The van der Waals surface area contributed by atoms with Crippen LogP contribution in [0.25, 0.3) is 0 Å². The van der Waals surface area contributed by atoms with Crippen LogP contribution in [0, 0.1) is 0 Å². The Kier molecular flexibility index (Phi) is 17.5. The van der Waals surface area contributed by atoms with Gasteiger partial charge >= 0.3 is 7.82 Å². The Morgan fingerprint density at radius 3 is 1.96 bits per heavy atom. The molecule has 6 nitrogen and oxygen atoms in total. The number of allylic oxidation sites excluding steroid dienone is 2. The lowest BCUT2D eigenvalue weighted by atomic mass is 10.1. The Morgan fingerprint density at radius 1 is 0.846 bits per heavy atom. The van der Waals surface area contributed by atoms with Gasteiger partial charge < -0.3 is 14.5 Å². The van der Waals surface area contributed by atoms with Crippen molar-refractivity contribution in [2.45, 2.75) is 84.0 Å². The topological polar surface area (TPSA) is 93.1 Å². The maximum atomic E-state index is 11.2. The molecule has 0 aromatic heterocycles. The van der Waals surface area contributed by atoms with Crippen LogP contribution >= 0.6 is 7.82 Å². The highest BCUT2D eigenvalue weighted by Gasteiger charge is 2.16. The van der Waals surface area contributed by atoms with Gasteiger partial charge in [-0.15, -0.1) is 0 Å². The van der Waals surface area contributed by atoms with E-state index < -0.39 is 20.2 Å². The average molecular weight is 392 g/mol. The molecule has 7 heteroatoms. The van der Waals surface area contributed by atoms with Gasteiger partial charge in [0.1, 0.15) is 13.2 Å². The molecule has 0 aliphatic rings. The molecule has 0 heterocycles. The summed E-state index contributed by atoms with van der Waals surface area (Å²) in [6.07, 6.45) is 19.2. The lowest BCUT2D eigenvalue weighted by molar-refractivity contribution is -0.126. The first-order valence-electron chi connectivity index (χ1n) is 9.90. The summed E-state index contributed by atoms with van der Waals surface area (Å²) in [5.41, 5.74) is 0. The van der Waals surface area contributed by atoms with Crippen molar-refractivity contribution in [1.82, 2.24) is 0 Å². The molecule has 26 heavy (non-hydrogen) atoms.